The van der Waals surface area contributed by atoms with Crippen LogP contribution in [0.2, 0.25) is 0 Å². The summed E-state index contributed by atoms with van der Waals surface area (Å²) in [6.07, 6.45) is -0.788. The highest BCUT2D eigenvalue weighted by molar-refractivity contribution is 5.85. The Morgan fingerprint density at radius 2 is 1.71 bits per heavy atom. The van der Waals surface area contributed by atoms with Crippen molar-refractivity contribution in [2.75, 3.05) is 7.11 Å². The lowest BCUT2D eigenvalue weighted by Crippen LogP contribution is -2.41. The number of halogens is 3. The van der Waals surface area contributed by atoms with Crippen LogP contribution in [0.5, 0.6) is 0 Å². The van der Waals surface area contributed by atoms with Gasteiger partial charge in [0.15, 0.2) is 0 Å². The number of carbonyl (C=O) groups excluding carboxylic acids is 2. The van der Waals surface area contributed by atoms with Crippen molar-refractivity contribution in [3.63, 3.8) is 0 Å². The van der Waals surface area contributed by atoms with Crippen LogP contribution in [-0.2, 0) is 26.9 Å². The number of nitrogens with one attached hydrogen (secondary N) is 1. The van der Waals surface area contributed by atoms with Gasteiger partial charge < -0.3 is 10.1 Å². The zero-order chi connectivity index (χ0) is 20.6. The smallest absolute Gasteiger partial charge is 0.416 e. The number of rotatable bonds is 7. The van der Waals surface area contributed by atoms with E-state index in [0.717, 1.165) is 17.7 Å². The molecular weight excluding hydrogens is 371 g/mol. The van der Waals surface area contributed by atoms with Crippen LogP contribution in [-0.4, -0.2) is 25.0 Å². The van der Waals surface area contributed by atoms with Gasteiger partial charge in [0.1, 0.15) is 6.04 Å². The molecule has 0 spiro atoms. The molecule has 2 aromatic carbocycles. The summed E-state index contributed by atoms with van der Waals surface area (Å²) in [5.74, 6) is -1.08. The molecule has 148 valence electrons. The van der Waals surface area contributed by atoms with E-state index in [4.69, 9.17) is 4.74 Å². The highest BCUT2D eigenvalue weighted by Crippen LogP contribution is 2.29. The van der Waals surface area contributed by atoms with Gasteiger partial charge in [0.05, 0.1) is 19.1 Å². The summed E-state index contributed by atoms with van der Waals surface area (Å²) in [6.45, 7) is 0. The van der Waals surface area contributed by atoms with Crippen LogP contribution in [0.4, 0.5) is 13.2 Å². The summed E-state index contributed by atoms with van der Waals surface area (Å²) < 4.78 is 42.5. The average molecular weight is 391 g/mol. The number of hydrogen-bond acceptors (Lipinski definition) is 3. The molecule has 2 rings (SSSR count). The number of methoxy groups -OCH3 is 1. The Hall–Kier alpha value is -3.09. The van der Waals surface area contributed by atoms with Gasteiger partial charge in [-0.15, -0.1) is 0 Å². The van der Waals surface area contributed by atoms with E-state index in [2.05, 4.69) is 5.32 Å². The molecule has 0 aliphatic carbocycles. The number of hydrogen-bond donors (Lipinski definition) is 1. The molecule has 0 unspecified atom stereocenters. The Labute approximate surface area is 161 Å². The second-order valence-electron chi connectivity index (χ2n) is 6.06. The Morgan fingerprint density at radius 3 is 2.29 bits per heavy atom. The molecular formula is C21H20F3NO3. The summed E-state index contributed by atoms with van der Waals surface area (Å²) in [4.78, 5) is 24.1. The minimum absolute atomic E-state index is 0.145. The highest BCUT2D eigenvalue weighted by Gasteiger charge is 2.30. The van der Waals surface area contributed by atoms with Crippen molar-refractivity contribution in [1.82, 2.24) is 5.32 Å². The fourth-order valence-corrected chi connectivity index (χ4v) is 2.50. The molecule has 2 aromatic rings. The standard InChI is InChI=1S/C21H20F3NO3/c1-28-20(27)18(9-5-8-15-6-3-2-4-7-15)25-19(26)14-16-10-12-17(13-11-16)21(22,23)24/h2-8,10-13,18H,9,14H2,1H3,(H,25,26)/b8-5+/t18-/m0/s1. The van der Waals surface area contributed by atoms with Crippen LogP contribution in [0.25, 0.3) is 6.08 Å². The summed E-state index contributed by atoms with van der Waals surface area (Å²) in [6, 6.07) is 12.9. The van der Waals surface area contributed by atoms with Crippen LogP contribution in [0.1, 0.15) is 23.1 Å². The van der Waals surface area contributed by atoms with Gasteiger partial charge in [0.25, 0.3) is 0 Å². The van der Waals surface area contributed by atoms with E-state index >= 15 is 0 Å². The number of benzene rings is 2. The van der Waals surface area contributed by atoms with E-state index in [1.165, 1.54) is 19.2 Å². The van der Waals surface area contributed by atoms with Crippen molar-refractivity contribution in [2.24, 2.45) is 0 Å². The Kier molecular flexibility index (Phi) is 7.37. The Balaban J connectivity index is 1.96. The normalized spacial score (nSPS) is 12.6. The molecule has 0 aromatic heterocycles. The van der Waals surface area contributed by atoms with Crippen molar-refractivity contribution in [3.05, 3.63) is 77.4 Å². The van der Waals surface area contributed by atoms with Gasteiger partial charge in [-0.2, -0.15) is 13.2 Å². The lowest BCUT2D eigenvalue weighted by Gasteiger charge is -2.15. The highest BCUT2D eigenvalue weighted by atomic mass is 19.4. The summed E-state index contributed by atoms with van der Waals surface area (Å²) in [7, 11) is 1.22. The molecule has 0 bridgehead atoms. The fourth-order valence-electron chi connectivity index (χ4n) is 2.50. The lowest BCUT2D eigenvalue weighted by molar-refractivity contribution is -0.144. The molecule has 7 heteroatoms. The van der Waals surface area contributed by atoms with Crippen molar-refractivity contribution in [1.29, 1.82) is 0 Å². The van der Waals surface area contributed by atoms with Crippen molar-refractivity contribution in [2.45, 2.75) is 25.1 Å². The van der Waals surface area contributed by atoms with E-state index < -0.39 is 29.7 Å². The van der Waals surface area contributed by atoms with Crippen LogP contribution >= 0.6 is 0 Å². The third kappa shape index (κ3) is 6.57. The van der Waals surface area contributed by atoms with Gasteiger partial charge in [-0.05, 0) is 29.7 Å². The number of carbonyl (C=O) groups is 2. The summed E-state index contributed by atoms with van der Waals surface area (Å²) >= 11 is 0. The molecule has 28 heavy (non-hydrogen) atoms. The zero-order valence-electron chi connectivity index (χ0n) is 15.2. The van der Waals surface area contributed by atoms with Gasteiger partial charge >= 0.3 is 12.1 Å². The first-order valence-electron chi connectivity index (χ1n) is 8.54. The molecule has 0 saturated heterocycles. The summed E-state index contributed by atoms with van der Waals surface area (Å²) in [5.41, 5.74) is 0.575. The summed E-state index contributed by atoms with van der Waals surface area (Å²) in [5, 5.41) is 2.56. The first kappa shape index (κ1) is 21.2. The number of esters is 1. The number of amides is 1. The molecule has 0 aliphatic rings. The van der Waals surface area contributed by atoms with Crippen molar-refractivity contribution >= 4 is 18.0 Å². The fraction of sp³-hybridized carbons (Fsp3) is 0.238. The van der Waals surface area contributed by atoms with E-state index in [-0.39, 0.29) is 12.8 Å². The SMILES string of the molecule is COC(=O)[C@H](C/C=C/c1ccccc1)NC(=O)Cc1ccc(C(F)(F)F)cc1. The van der Waals surface area contributed by atoms with E-state index in [9.17, 15) is 22.8 Å². The van der Waals surface area contributed by atoms with Gasteiger partial charge in [-0.1, -0.05) is 54.6 Å². The Morgan fingerprint density at radius 1 is 1.07 bits per heavy atom. The van der Waals surface area contributed by atoms with E-state index in [1.807, 2.05) is 36.4 Å². The topological polar surface area (TPSA) is 55.4 Å². The van der Waals surface area contributed by atoms with Crippen LogP contribution in [0, 0.1) is 0 Å². The van der Waals surface area contributed by atoms with Gasteiger partial charge in [0, 0.05) is 0 Å². The van der Waals surface area contributed by atoms with Crippen molar-refractivity contribution in [3.8, 4) is 0 Å². The number of ether oxygens (including phenoxy) is 1. The first-order chi connectivity index (χ1) is 13.3. The molecule has 0 heterocycles. The molecule has 0 saturated carbocycles. The van der Waals surface area contributed by atoms with E-state index in [1.54, 1.807) is 6.08 Å². The van der Waals surface area contributed by atoms with Gasteiger partial charge in [-0.25, -0.2) is 4.79 Å². The van der Waals surface area contributed by atoms with Gasteiger partial charge in [0.2, 0.25) is 5.91 Å². The molecule has 1 atom stereocenters. The average Bonchev–Trinajstić information content (AvgIpc) is 2.67. The molecule has 0 aliphatic heterocycles. The molecule has 1 amide bonds. The maximum absolute atomic E-state index is 12.6. The minimum Gasteiger partial charge on any atom is -0.467 e. The predicted octanol–water partition coefficient (Wildman–Crippen LogP) is 4.01. The second-order valence-corrected chi connectivity index (χ2v) is 6.06. The molecule has 4 nitrogen and oxygen atoms in total. The predicted molar refractivity (Wildman–Crippen MR) is 99.2 cm³/mol. The first-order valence-corrected chi connectivity index (χ1v) is 8.54. The Bertz CT molecular complexity index is 815. The maximum Gasteiger partial charge on any atom is 0.416 e. The van der Waals surface area contributed by atoms with Crippen LogP contribution in [0.15, 0.2) is 60.7 Å². The third-order valence-corrected chi connectivity index (χ3v) is 3.95. The molecule has 1 N–H and O–H groups in total. The number of alkyl halides is 3. The molecule has 0 radical (unpaired) electrons. The van der Waals surface area contributed by atoms with E-state index in [0.29, 0.717) is 5.56 Å². The van der Waals surface area contributed by atoms with Crippen LogP contribution < -0.4 is 5.32 Å². The largest absolute Gasteiger partial charge is 0.467 e. The maximum atomic E-state index is 12.6. The quantitative estimate of drug-likeness (QED) is 0.726. The monoisotopic (exact) mass is 391 g/mol. The minimum atomic E-state index is -4.43. The third-order valence-electron chi connectivity index (χ3n) is 3.95. The van der Waals surface area contributed by atoms with Gasteiger partial charge in [-0.3, -0.25) is 4.79 Å². The second kappa shape index (κ2) is 9.73. The zero-order valence-corrected chi connectivity index (χ0v) is 15.2. The van der Waals surface area contributed by atoms with Crippen molar-refractivity contribution < 1.29 is 27.5 Å². The molecule has 0 fully saturated rings. The lowest BCUT2D eigenvalue weighted by atomic mass is 10.1. The van der Waals surface area contributed by atoms with Crippen LogP contribution in [0.3, 0.4) is 0 Å².